The molecule has 2 N–H and O–H groups in total. The summed E-state index contributed by atoms with van der Waals surface area (Å²) in [5, 5.41) is 11.6. The second kappa shape index (κ2) is 4.93. The molecule has 1 fully saturated rings. The minimum Gasteiger partial charge on any atom is -0.481 e. The lowest BCUT2D eigenvalue weighted by Gasteiger charge is -2.37. The van der Waals surface area contributed by atoms with Gasteiger partial charge in [0.1, 0.15) is 0 Å². The third kappa shape index (κ3) is 2.79. The Bertz CT molecular complexity index is 278. The van der Waals surface area contributed by atoms with Gasteiger partial charge in [0.05, 0.1) is 12.5 Å². The van der Waals surface area contributed by atoms with Crippen molar-refractivity contribution in [3.8, 4) is 0 Å². The van der Waals surface area contributed by atoms with E-state index < -0.39 is 12.0 Å². The SMILES string of the molecule is C=CCN1C(=O)C(CC(=O)O)NCC1C. The highest BCUT2D eigenvalue weighted by Crippen LogP contribution is 2.10. The summed E-state index contributed by atoms with van der Waals surface area (Å²) in [6.45, 7) is 6.59. The quantitative estimate of drug-likeness (QED) is 0.635. The van der Waals surface area contributed by atoms with E-state index in [-0.39, 0.29) is 18.4 Å². The number of carbonyl (C=O) groups is 2. The summed E-state index contributed by atoms with van der Waals surface area (Å²) in [5.74, 6) is -1.12. The lowest BCUT2D eigenvalue weighted by atomic mass is 10.1. The number of hydrogen-bond acceptors (Lipinski definition) is 3. The van der Waals surface area contributed by atoms with E-state index in [1.165, 1.54) is 0 Å². The predicted octanol–water partition coefficient (Wildman–Crippen LogP) is -0.164. The highest BCUT2D eigenvalue weighted by atomic mass is 16.4. The van der Waals surface area contributed by atoms with Crippen LogP contribution in [0.3, 0.4) is 0 Å². The Morgan fingerprint density at radius 1 is 1.80 bits per heavy atom. The summed E-state index contributed by atoms with van der Waals surface area (Å²) in [7, 11) is 0. The average molecular weight is 212 g/mol. The van der Waals surface area contributed by atoms with E-state index in [0.717, 1.165) is 0 Å². The summed E-state index contributed by atoms with van der Waals surface area (Å²) in [4.78, 5) is 24.0. The Labute approximate surface area is 88.8 Å². The van der Waals surface area contributed by atoms with E-state index in [0.29, 0.717) is 13.1 Å². The molecule has 15 heavy (non-hydrogen) atoms. The van der Waals surface area contributed by atoms with Crippen LogP contribution in [-0.4, -0.2) is 47.1 Å². The predicted molar refractivity (Wildman–Crippen MR) is 55.4 cm³/mol. The van der Waals surface area contributed by atoms with Crippen LogP contribution in [-0.2, 0) is 9.59 Å². The van der Waals surface area contributed by atoms with Crippen molar-refractivity contribution < 1.29 is 14.7 Å². The third-order valence-corrected chi connectivity index (χ3v) is 2.48. The first-order chi connectivity index (χ1) is 7.06. The minimum absolute atomic E-state index is 0.0838. The van der Waals surface area contributed by atoms with Crippen molar-refractivity contribution in [2.75, 3.05) is 13.1 Å². The molecule has 1 aliphatic heterocycles. The van der Waals surface area contributed by atoms with Gasteiger partial charge in [0.15, 0.2) is 0 Å². The second-order valence-electron chi connectivity index (χ2n) is 3.69. The van der Waals surface area contributed by atoms with Gasteiger partial charge in [-0.1, -0.05) is 6.08 Å². The van der Waals surface area contributed by atoms with Crippen molar-refractivity contribution >= 4 is 11.9 Å². The number of nitrogens with one attached hydrogen (secondary N) is 1. The summed E-state index contributed by atoms with van der Waals surface area (Å²) >= 11 is 0. The first-order valence-corrected chi connectivity index (χ1v) is 4.92. The van der Waals surface area contributed by atoms with E-state index >= 15 is 0 Å². The first-order valence-electron chi connectivity index (χ1n) is 4.92. The van der Waals surface area contributed by atoms with E-state index in [4.69, 9.17) is 5.11 Å². The van der Waals surface area contributed by atoms with Crippen LogP contribution in [0, 0.1) is 0 Å². The van der Waals surface area contributed by atoms with Crippen LogP contribution in [0.5, 0.6) is 0 Å². The van der Waals surface area contributed by atoms with Crippen LogP contribution >= 0.6 is 0 Å². The molecule has 1 rings (SSSR count). The number of amides is 1. The van der Waals surface area contributed by atoms with Crippen LogP contribution in [0.1, 0.15) is 13.3 Å². The highest BCUT2D eigenvalue weighted by molar-refractivity contribution is 5.87. The van der Waals surface area contributed by atoms with Gasteiger partial charge in [-0.15, -0.1) is 6.58 Å². The van der Waals surface area contributed by atoms with E-state index in [1.807, 2.05) is 6.92 Å². The molecular formula is C10H16N2O3. The van der Waals surface area contributed by atoms with Gasteiger partial charge in [0.25, 0.3) is 0 Å². The fourth-order valence-electron chi connectivity index (χ4n) is 1.67. The molecule has 2 atom stereocenters. The Kier molecular flexibility index (Phi) is 3.85. The molecule has 5 heteroatoms. The van der Waals surface area contributed by atoms with Crippen LogP contribution in [0.15, 0.2) is 12.7 Å². The number of rotatable bonds is 4. The fraction of sp³-hybridized carbons (Fsp3) is 0.600. The van der Waals surface area contributed by atoms with Crippen molar-refractivity contribution in [1.29, 1.82) is 0 Å². The smallest absolute Gasteiger partial charge is 0.305 e. The molecule has 0 saturated carbocycles. The van der Waals surface area contributed by atoms with Crippen molar-refractivity contribution in [2.24, 2.45) is 0 Å². The maximum atomic E-state index is 11.8. The third-order valence-electron chi connectivity index (χ3n) is 2.48. The van der Waals surface area contributed by atoms with Crippen LogP contribution < -0.4 is 5.32 Å². The minimum atomic E-state index is -0.964. The Balaban J connectivity index is 2.67. The number of carbonyl (C=O) groups excluding carboxylic acids is 1. The second-order valence-corrected chi connectivity index (χ2v) is 3.69. The molecular weight excluding hydrogens is 196 g/mol. The average Bonchev–Trinajstić information content (AvgIpc) is 2.16. The van der Waals surface area contributed by atoms with Gasteiger partial charge >= 0.3 is 5.97 Å². The maximum absolute atomic E-state index is 11.8. The van der Waals surface area contributed by atoms with Gasteiger partial charge in [-0.2, -0.15) is 0 Å². The zero-order valence-electron chi connectivity index (χ0n) is 8.77. The molecule has 0 aromatic carbocycles. The Morgan fingerprint density at radius 2 is 2.47 bits per heavy atom. The number of piperazine rings is 1. The lowest BCUT2D eigenvalue weighted by molar-refractivity contribution is -0.145. The first kappa shape index (κ1) is 11.7. The van der Waals surface area contributed by atoms with Crippen LogP contribution in [0.2, 0.25) is 0 Å². The standard InChI is InChI=1S/C10H16N2O3/c1-3-4-12-7(2)6-11-8(10(12)15)5-9(13)14/h3,7-8,11H,1,4-6H2,2H3,(H,13,14). The van der Waals surface area contributed by atoms with Crippen molar-refractivity contribution in [2.45, 2.75) is 25.4 Å². The molecule has 0 bridgehead atoms. The summed E-state index contributed by atoms with van der Waals surface area (Å²) < 4.78 is 0. The molecule has 0 radical (unpaired) electrons. The normalized spacial score (nSPS) is 26.5. The zero-order chi connectivity index (χ0) is 11.4. The molecule has 0 aliphatic carbocycles. The molecule has 1 heterocycles. The van der Waals surface area contributed by atoms with E-state index in [1.54, 1.807) is 11.0 Å². The molecule has 1 amide bonds. The van der Waals surface area contributed by atoms with Crippen LogP contribution in [0.25, 0.3) is 0 Å². The lowest BCUT2D eigenvalue weighted by Crippen LogP contribution is -2.59. The molecule has 5 nitrogen and oxygen atoms in total. The molecule has 2 unspecified atom stereocenters. The number of carboxylic acid groups (broad SMARTS) is 1. The van der Waals surface area contributed by atoms with Gasteiger partial charge in [-0.05, 0) is 6.92 Å². The van der Waals surface area contributed by atoms with Gasteiger partial charge in [0.2, 0.25) is 5.91 Å². The van der Waals surface area contributed by atoms with Crippen LogP contribution in [0.4, 0.5) is 0 Å². The van der Waals surface area contributed by atoms with Gasteiger partial charge in [0, 0.05) is 19.1 Å². The molecule has 84 valence electrons. The highest BCUT2D eigenvalue weighted by Gasteiger charge is 2.33. The topological polar surface area (TPSA) is 69.6 Å². The number of hydrogen-bond donors (Lipinski definition) is 2. The number of nitrogens with zero attached hydrogens (tertiary/aromatic N) is 1. The van der Waals surface area contributed by atoms with E-state index in [2.05, 4.69) is 11.9 Å². The van der Waals surface area contributed by atoms with Gasteiger partial charge in [-0.25, -0.2) is 0 Å². The van der Waals surface area contributed by atoms with Gasteiger partial charge in [-0.3, -0.25) is 9.59 Å². The zero-order valence-corrected chi connectivity index (χ0v) is 8.77. The summed E-state index contributed by atoms with van der Waals surface area (Å²) in [6.07, 6.45) is 1.48. The monoisotopic (exact) mass is 212 g/mol. The van der Waals surface area contributed by atoms with E-state index in [9.17, 15) is 9.59 Å². The summed E-state index contributed by atoms with van der Waals surface area (Å²) in [5.41, 5.74) is 0. The Hall–Kier alpha value is -1.36. The maximum Gasteiger partial charge on any atom is 0.305 e. The number of aliphatic carboxylic acids is 1. The molecule has 0 aromatic rings. The number of carboxylic acids is 1. The van der Waals surface area contributed by atoms with Gasteiger partial charge < -0.3 is 15.3 Å². The molecule has 1 aliphatic rings. The summed E-state index contributed by atoms with van der Waals surface area (Å²) in [6, 6.07) is -0.515. The van der Waals surface area contributed by atoms with Crippen molar-refractivity contribution in [3.05, 3.63) is 12.7 Å². The fourth-order valence-corrected chi connectivity index (χ4v) is 1.67. The largest absolute Gasteiger partial charge is 0.481 e. The van der Waals surface area contributed by atoms with Crippen molar-refractivity contribution in [1.82, 2.24) is 10.2 Å². The Morgan fingerprint density at radius 3 is 3.00 bits per heavy atom. The molecule has 1 saturated heterocycles. The molecule has 0 aromatic heterocycles. The van der Waals surface area contributed by atoms with Crippen molar-refractivity contribution in [3.63, 3.8) is 0 Å². The molecule has 0 spiro atoms.